The molecule has 0 aliphatic rings. The van der Waals surface area contributed by atoms with Crippen molar-refractivity contribution in [2.45, 2.75) is 6.54 Å². The van der Waals surface area contributed by atoms with Crippen LogP contribution in [0.25, 0.3) is 21.8 Å². The molecule has 136 valence electrons. The first-order valence-electron chi connectivity index (χ1n) is 8.73. The summed E-state index contributed by atoms with van der Waals surface area (Å²) in [5, 5.41) is 5.11. The topological polar surface area (TPSA) is 43.3 Å². The second-order valence-corrected chi connectivity index (χ2v) is 6.45. The van der Waals surface area contributed by atoms with Crippen LogP contribution in [0.4, 0.5) is 4.39 Å². The summed E-state index contributed by atoms with van der Waals surface area (Å²) in [6.45, 7) is 0.265. The Morgan fingerprint density at radius 2 is 1.74 bits per heavy atom. The number of hydrogen-bond donors (Lipinski definition) is 1. The van der Waals surface area contributed by atoms with E-state index >= 15 is 0 Å². The maximum Gasteiger partial charge on any atom is 0.258 e. The van der Waals surface area contributed by atoms with E-state index in [2.05, 4.69) is 22.0 Å². The first-order valence-corrected chi connectivity index (χ1v) is 8.73. The highest BCUT2D eigenvalue weighted by Gasteiger charge is 2.09. The maximum atomic E-state index is 12.9. The van der Waals surface area contributed by atoms with E-state index in [1.54, 1.807) is 12.1 Å². The lowest BCUT2D eigenvalue weighted by Gasteiger charge is -2.08. The van der Waals surface area contributed by atoms with Crippen LogP contribution in [0, 0.1) is 5.82 Å². The zero-order valence-corrected chi connectivity index (χ0v) is 14.9. The van der Waals surface area contributed by atoms with Gasteiger partial charge in [0.1, 0.15) is 11.6 Å². The molecule has 1 aromatic heterocycles. The summed E-state index contributed by atoms with van der Waals surface area (Å²) >= 11 is 0. The first-order chi connectivity index (χ1) is 13.1. The molecule has 0 atom stereocenters. The van der Waals surface area contributed by atoms with Gasteiger partial charge in [-0.15, -0.1) is 0 Å². The molecule has 3 aromatic carbocycles. The third kappa shape index (κ3) is 3.49. The van der Waals surface area contributed by atoms with Crippen LogP contribution in [0.3, 0.4) is 0 Å². The summed E-state index contributed by atoms with van der Waals surface area (Å²) in [7, 11) is 2.02. The van der Waals surface area contributed by atoms with Gasteiger partial charge in [-0.2, -0.15) is 0 Å². The second-order valence-electron chi connectivity index (χ2n) is 6.45. The fourth-order valence-corrected chi connectivity index (χ4v) is 3.23. The number of amides is 1. The number of hydrogen-bond acceptors (Lipinski definition) is 2. The lowest BCUT2D eigenvalue weighted by molar-refractivity contribution is -0.123. The molecule has 0 unspecified atom stereocenters. The van der Waals surface area contributed by atoms with E-state index in [1.165, 1.54) is 17.5 Å². The third-order valence-corrected chi connectivity index (χ3v) is 4.66. The number of aryl methyl sites for hydroxylation is 1. The molecule has 4 aromatic rings. The normalized spacial score (nSPS) is 11.0. The van der Waals surface area contributed by atoms with E-state index in [1.807, 2.05) is 37.4 Å². The second kappa shape index (κ2) is 7.11. The van der Waals surface area contributed by atoms with Gasteiger partial charge in [0.15, 0.2) is 6.61 Å². The molecule has 0 aliphatic heterocycles. The van der Waals surface area contributed by atoms with Gasteiger partial charge in [-0.3, -0.25) is 4.79 Å². The fraction of sp³-hybridized carbons (Fsp3) is 0.136. The van der Waals surface area contributed by atoms with Crippen LogP contribution in [0.15, 0.2) is 66.7 Å². The van der Waals surface area contributed by atoms with Gasteiger partial charge in [0.25, 0.3) is 5.91 Å². The highest BCUT2D eigenvalue weighted by Crippen LogP contribution is 2.30. The van der Waals surface area contributed by atoms with Crippen molar-refractivity contribution in [2.24, 2.45) is 7.05 Å². The summed E-state index contributed by atoms with van der Waals surface area (Å²) < 4.78 is 20.7. The van der Waals surface area contributed by atoms with E-state index in [-0.39, 0.29) is 18.3 Å². The Bertz CT molecular complexity index is 1120. The molecular formula is C22H19FN2O2. The van der Waals surface area contributed by atoms with Crippen LogP contribution < -0.4 is 10.1 Å². The SMILES string of the molecule is Cn1c2ccccc2c2ccc(OCC(=O)NCc3ccc(F)cc3)cc21. The molecule has 0 radical (unpaired) electrons. The van der Waals surface area contributed by atoms with Crippen molar-refractivity contribution in [3.8, 4) is 5.75 Å². The molecule has 5 heteroatoms. The number of ether oxygens (including phenoxy) is 1. The molecule has 4 rings (SSSR count). The summed E-state index contributed by atoms with van der Waals surface area (Å²) in [6.07, 6.45) is 0. The van der Waals surface area contributed by atoms with E-state index in [0.717, 1.165) is 22.0 Å². The zero-order valence-electron chi connectivity index (χ0n) is 14.9. The number of rotatable bonds is 5. The summed E-state index contributed by atoms with van der Waals surface area (Å²) in [4.78, 5) is 12.0. The van der Waals surface area contributed by atoms with Crippen molar-refractivity contribution in [3.05, 3.63) is 78.1 Å². The van der Waals surface area contributed by atoms with Gasteiger partial charge in [0.05, 0.1) is 5.52 Å². The first kappa shape index (κ1) is 17.1. The van der Waals surface area contributed by atoms with Crippen LogP contribution in [-0.2, 0) is 18.4 Å². The number of halogens is 1. The van der Waals surface area contributed by atoms with Gasteiger partial charge in [0, 0.05) is 35.9 Å². The zero-order chi connectivity index (χ0) is 18.8. The van der Waals surface area contributed by atoms with Crippen molar-refractivity contribution >= 4 is 27.7 Å². The number of nitrogens with one attached hydrogen (secondary N) is 1. The van der Waals surface area contributed by atoms with E-state index in [4.69, 9.17) is 4.74 Å². The molecule has 0 saturated carbocycles. The van der Waals surface area contributed by atoms with Crippen molar-refractivity contribution in [3.63, 3.8) is 0 Å². The van der Waals surface area contributed by atoms with Crippen LogP contribution >= 0.6 is 0 Å². The van der Waals surface area contributed by atoms with Crippen LogP contribution in [0.1, 0.15) is 5.56 Å². The molecule has 0 spiro atoms. The lowest BCUT2D eigenvalue weighted by atomic mass is 10.1. The molecule has 0 bridgehead atoms. The number of fused-ring (bicyclic) bond motifs is 3. The maximum absolute atomic E-state index is 12.9. The number of carbonyl (C=O) groups is 1. The van der Waals surface area contributed by atoms with E-state index in [9.17, 15) is 9.18 Å². The number of nitrogens with zero attached hydrogens (tertiary/aromatic N) is 1. The highest BCUT2D eigenvalue weighted by molar-refractivity contribution is 6.08. The molecule has 0 fully saturated rings. The standard InChI is InChI=1S/C22H19FN2O2/c1-25-20-5-3-2-4-18(20)19-11-10-17(12-21(19)25)27-14-22(26)24-13-15-6-8-16(23)9-7-15/h2-12H,13-14H2,1H3,(H,24,26). The molecule has 27 heavy (non-hydrogen) atoms. The van der Waals surface area contributed by atoms with E-state index < -0.39 is 0 Å². The van der Waals surface area contributed by atoms with Crippen molar-refractivity contribution in [2.75, 3.05) is 6.61 Å². The van der Waals surface area contributed by atoms with Gasteiger partial charge >= 0.3 is 0 Å². The Hall–Kier alpha value is -3.34. The average Bonchev–Trinajstić information content (AvgIpc) is 2.98. The Balaban J connectivity index is 1.42. The number of aromatic nitrogens is 1. The quantitative estimate of drug-likeness (QED) is 0.579. The van der Waals surface area contributed by atoms with Crippen LogP contribution in [-0.4, -0.2) is 17.1 Å². The van der Waals surface area contributed by atoms with Gasteiger partial charge in [-0.25, -0.2) is 4.39 Å². The minimum atomic E-state index is -0.294. The van der Waals surface area contributed by atoms with Crippen LogP contribution in [0.2, 0.25) is 0 Å². The average molecular weight is 362 g/mol. The van der Waals surface area contributed by atoms with Crippen molar-refractivity contribution in [1.29, 1.82) is 0 Å². The molecular weight excluding hydrogens is 343 g/mol. The summed E-state index contributed by atoms with van der Waals surface area (Å²) in [5.74, 6) is 0.124. The van der Waals surface area contributed by atoms with Gasteiger partial charge in [0.2, 0.25) is 0 Å². The monoisotopic (exact) mass is 362 g/mol. The lowest BCUT2D eigenvalue weighted by Crippen LogP contribution is -2.28. The van der Waals surface area contributed by atoms with Crippen molar-refractivity contribution < 1.29 is 13.9 Å². The predicted octanol–water partition coefficient (Wildman–Crippen LogP) is 4.17. The largest absolute Gasteiger partial charge is 0.484 e. The molecule has 1 heterocycles. The van der Waals surface area contributed by atoms with Crippen LogP contribution in [0.5, 0.6) is 5.75 Å². The van der Waals surface area contributed by atoms with E-state index in [0.29, 0.717) is 12.3 Å². The highest BCUT2D eigenvalue weighted by atomic mass is 19.1. The summed E-state index contributed by atoms with van der Waals surface area (Å²) in [6, 6.07) is 20.1. The molecule has 0 aliphatic carbocycles. The number of carbonyl (C=O) groups excluding carboxylic acids is 1. The minimum absolute atomic E-state index is 0.0728. The number of para-hydroxylation sites is 1. The Kier molecular flexibility index (Phi) is 4.50. The smallest absolute Gasteiger partial charge is 0.258 e. The minimum Gasteiger partial charge on any atom is -0.484 e. The Morgan fingerprint density at radius 3 is 2.56 bits per heavy atom. The summed E-state index contributed by atoms with van der Waals surface area (Å²) in [5.41, 5.74) is 3.05. The van der Waals surface area contributed by atoms with Crippen molar-refractivity contribution in [1.82, 2.24) is 9.88 Å². The third-order valence-electron chi connectivity index (χ3n) is 4.66. The molecule has 1 amide bonds. The van der Waals surface area contributed by atoms with Gasteiger partial charge in [-0.1, -0.05) is 30.3 Å². The number of benzene rings is 3. The Morgan fingerprint density at radius 1 is 1.00 bits per heavy atom. The molecule has 0 saturated heterocycles. The van der Waals surface area contributed by atoms with Gasteiger partial charge < -0.3 is 14.6 Å². The molecule has 1 N–H and O–H groups in total. The van der Waals surface area contributed by atoms with Gasteiger partial charge in [-0.05, 0) is 35.9 Å². The Labute approximate surface area is 156 Å². The molecule has 4 nitrogen and oxygen atoms in total. The predicted molar refractivity (Wildman–Crippen MR) is 104 cm³/mol. The fourth-order valence-electron chi connectivity index (χ4n) is 3.23.